The molecule has 1 aliphatic carbocycles. The van der Waals surface area contributed by atoms with Crippen LogP contribution in [-0.2, 0) is 10.2 Å². The molecule has 8 heteroatoms. The van der Waals surface area contributed by atoms with Gasteiger partial charge in [0.25, 0.3) is 0 Å². The lowest BCUT2D eigenvalue weighted by molar-refractivity contribution is -0.122. The largest absolute Gasteiger partial charge is 0.489 e. The van der Waals surface area contributed by atoms with Crippen molar-refractivity contribution in [3.8, 4) is 5.75 Å². The van der Waals surface area contributed by atoms with Gasteiger partial charge in [-0.25, -0.2) is 9.78 Å². The van der Waals surface area contributed by atoms with Gasteiger partial charge >= 0.3 is 5.97 Å². The maximum absolute atomic E-state index is 12.7. The molecule has 140 valence electrons. The number of carboxylic acids is 1. The third-order valence-corrected chi connectivity index (χ3v) is 5.75. The van der Waals surface area contributed by atoms with Gasteiger partial charge < -0.3 is 15.2 Å². The molecule has 6 nitrogen and oxygen atoms in total. The maximum atomic E-state index is 12.7. The van der Waals surface area contributed by atoms with Crippen LogP contribution in [0.2, 0.25) is 10.0 Å². The van der Waals surface area contributed by atoms with E-state index in [9.17, 15) is 14.7 Å². The van der Waals surface area contributed by atoms with Crippen molar-refractivity contribution in [2.45, 2.75) is 37.2 Å². The fourth-order valence-corrected chi connectivity index (χ4v) is 4.26. The van der Waals surface area contributed by atoms with Crippen molar-refractivity contribution >= 4 is 40.8 Å². The Bertz CT molecular complexity index is 939. The minimum Gasteiger partial charge on any atom is -0.489 e. The Hall–Kier alpha value is -2.31. The Balaban J connectivity index is 1.54. The Morgan fingerprint density at radius 1 is 1.22 bits per heavy atom. The van der Waals surface area contributed by atoms with E-state index in [1.54, 1.807) is 24.3 Å². The lowest BCUT2D eigenvalue weighted by atomic mass is 9.71. The van der Waals surface area contributed by atoms with Gasteiger partial charge in [0.2, 0.25) is 5.91 Å². The summed E-state index contributed by atoms with van der Waals surface area (Å²) in [6.07, 6.45) is 2.22. The van der Waals surface area contributed by atoms with Gasteiger partial charge in [-0.2, -0.15) is 0 Å². The number of anilines is 1. The molecule has 4 rings (SSSR count). The SMILES string of the molecule is O=C(O)c1ccc2c(n1)[C@]1(CC[C@H](Oc3ccc(Cl)cc3Cl)CC1)C(=O)N2. The van der Waals surface area contributed by atoms with Crippen LogP contribution in [-0.4, -0.2) is 28.1 Å². The second-order valence-corrected chi connectivity index (χ2v) is 7.67. The lowest BCUT2D eigenvalue weighted by Crippen LogP contribution is -2.41. The van der Waals surface area contributed by atoms with Crippen LogP contribution in [0.3, 0.4) is 0 Å². The number of halogens is 2. The van der Waals surface area contributed by atoms with E-state index in [0.717, 1.165) is 0 Å². The highest BCUT2D eigenvalue weighted by atomic mass is 35.5. The molecular weight excluding hydrogens is 391 g/mol. The van der Waals surface area contributed by atoms with Gasteiger partial charge in [-0.05, 0) is 56.0 Å². The molecule has 1 aliphatic heterocycles. The number of benzene rings is 1. The van der Waals surface area contributed by atoms with Crippen molar-refractivity contribution in [3.63, 3.8) is 0 Å². The van der Waals surface area contributed by atoms with Crippen LogP contribution in [0.4, 0.5) is 5.69 Å². The number of hydrogen-bond donors (Lipinski definition) is 2. The van der Waals surface area contributed by atoms with Crippen LogP contribution >= 0.6 is 23.2 Å². The van der Waals surface area contributed by atoms with Crippen LogP contribution in [0.5, 0.6) is 5.75 Å². The second kappa shape index (κ2) is 6.69. The van der Waals surface area contributed by atoms with Crippen molar-refractivity contribution in [2.75, 3.05) is 5.32 Å². The highest BCUT2D eigenvalue weighted by molar-refractivity contribution is 6.35. The summed E-state index contributed by atoms with van der Waals surface area (Å²) in [6.45, 7) is 0. The molecule has 0 saturated heterocycles. The third-order valence-electron chi connectivity index (χ3n) is 5.22. The smallest absolute Gasteiger partial charge is 0.354 e. The average Bonchev–Trinajstić information content (AvgIpc) is 2.90. The predicted octanol–water partition coefficient (Wildman–Crippen LogP) is 4.30. The van der Waals surface area contributed by atoms with Gasteiger partial charge in [-0.3, -0.25) is 4.79 Å². The molecule has 1 amide bonds. The highest BCUT2D eigenvalue weighted by Crippen LogP contribution is 2.47. The molecule has 2 aliphatic rings. The van der Waals surface area contributed by atoms with E-state index >= 15 is 0 Å². The summed E-state index contributed by atoms with van der Waals surface area (Å²) < 4.78 is 5.99. The van der Waals surface area contributed by atoms with E-state index in [4.69, 9.17) is 27.9 Å². The molecular formula is C19H16Cl2N2O4. The number of amides is 1. The molecule has 0 radical (unpaired) electrons. The Kier molecular flexibility index (Phi) is 4.48. The summed E-state index contributed by atoms with van der Waals surface area (Å²) in [5, 5.41) is 13.0. The third kappa shape index (κ3) is 3.13. The number of hydrogen-bond acceptors (Lipinski definition) is 4. The first-order valence-electron chi connectivity index (χ1n) is 8.57. The molecule has 2 heterocycles. The zero-order chi connectivity index (χ0) is 19.2. The number of rotatable bonds is 3. The number of carbonyl (C=O) groups is 2. The van der Waals surface area contributed by atoms with Crippen molar-refractivity contribution in [2.24, 2.45) is 0 Å². The van der Waals surface area contributed by atoms with E-state index in [0.29, 0.717) is 52.9 Å². The summed E-state index contributed by atoms with van der Waals surface area (Å²) in [5.41, 5.74) is 0.251. The van der Waals surface area contributed by atoms with Gasteiger partial charge in [-0.15, -0.1) is 0 Å². The van der Waals surface area contributed by atoms with Crippen LogP contribution in [0.15, 0.2) is 30.3 Å². The van der Waals surface area contributed by atoms with Gasteiger partial charge in [-0.1, -0.05) is 23.2 Å². The van der Waals surface area contributed by atoms with Crippen LogP contribution in [0.1, 0.15) is 41.9 Å². The molecule has 2 aromatic rings. The Morgan fingerprint density at radius 3 is 2.63 bits per heavy atom. The van der Waals surface area contributed by atoms with Crippen molar-refractivity contribution in [1.82, 2.24) is 4.98 Å². The van der Waals surface area contributed by atoms with Gasteiger partial charge in [0.05, 0.1) is 27.9 Å². The first kappa shape index (κ1) is 18.1. The van der Waals surface area contributed by atoms with Crippen LogP contribution in [0, 0.1) is 0 Å². The summed E-state index contributed by atoms with van der Waals surface area (Å²) in [6, 6.07) is 8.07. The quantitative estimate of drug-likeness (QED) is 0.792. The minimum absolute atomic E-state index is 0.0593. The number of fused-ring (bicyclic) bond motifs is 2. The Labute approximate surface area is 165 Å². The molecule has 1 aromatic heterocycles. The molecule has 1 spiro atoms. The number of pyridine rings is 1. The lowest BCUT2D eigenvalue weighted by Gasteiger charge is -2.35. The molecule has 1 fully saturated rings. The van der Waals surface area contributed by atoms with Crippen molar-refractivity contribution in [1.29, 1.82) is 0 Å². The second-order valence-electron chi connectivity index (χ2n) is 6.83. The normalized spacial score (nSPS) is 23.8. The van der Waals surface area contributed by atoms with Crippen LogP contribution in [0.25, 0.3) is 0 Å². The topological polar surface area (TPSA) is 88.5 Å². The molecule has 0 atom stereocenters. The standard InChI is InChI=1S/C19H16Cl2N2O4/c20-10-1-4-15(12(21)9-10)27-11-5-7-19(8-6-11)16-13(23-18(19)26)2-3-14(22-16)17(24)25/h1-4,9,11H,5-8H2,(H,23,26)(H,24,25)/t11-,19+. The van der Waals surface area contributed by atoms with Gasteiger partial charge in [0.1, 0.15) is 11.4 Å². The fraction of sp³-hybridized carbons (Fsp3) is 0.316. The summed E-state index contributed by atoms with van der Waals surface area (Å²) in [5.74, 6) is -0.679. The number of nitrogens with one attached hydrogen (secondary N) is 1. The number of aromatic nitrogens is 1. The maximum Gasteiger partial charge on any atom is 0.354 e. The minimum atomic E-state index is -1.11. The Morgan fingerprint density at radius 2 is 1.96 bits per heavy atom. The zero-order valence-electron chi connectivity index (χ0n) is 14.2. The predicted molar refractivity (Wildman–Crippen MR) is 101 cm³/mol. The fourth-order valence-electron chi connectivity index (χ4n) is 3.81. The number of carbonyl (C=O) groups excluding carboxylic acids is 1. The number of aromatic carboxylic acids is 1. The average molecular weight is 407 g/mol. The number of nitrogens with zero attached hydrogens (tertiary/aromatic N) is 1. The molecule has 0 bridgehead atoms. The molecule has 1 aromatic carbocycles. The van der Waals surface area contributed by atoms with Gasteiger partial charge in [0, 0.05) is 5.02 Å². The summed E-state index contributed by atoms with van der Waals surface area (Å²) in [7, 11) is 0. The summed E-state index contributed by atoms with van der Waals surface area (Å²) >= 11 is 12.1. The highest BCUT2D eigenvalue weighted by Gasteiger charge is 2.50. The van der Waals surface area contributed by atoms with E-state index < -0.39 is 11.4 Å². The number of ether oxygens (including phenoxy) is 1. The van der Waals surface area contributed by atoms with Crippen molar-refractivity contribution < 1.29 is 19.4 Å². The van der Waals surface area contributed by atoms with E-state index in [1.165, 1.54) is 6.07 Å². The van der Waals surface area contributed by atoms with Crippen molar-refractivity contribution in [3.05, 3.63) is 51.8 Å². The molecule has 27 heavy (non-hydrogen) atoms. The monoisotopic (exact) mass is 406 g/mol. The van der Waals surface area contributed by atoms with Crippen LogP contribution < -0.4 is 10.1 Å². The summed E-state index contributed by atoms with van der Waals surface area (Å²) in [4.78, 5) is 28.2. The van der Waals surface area contributed by atoms with E-state index in [1.807, 2.05) is 0 Å². The van der Waals surface area contributed by atoms with Gasteiger partial charge in [0.15, 0.2) is 0 Å². The van der Waals surface area contributed by atoms with E-state index in [-0.39, 0.29) is 17.7 Å². The first-order valence-corrected chi connectivity index (χ1v) is 9.33. The molecule has 0 unspecified atom stereocenters. The number of carboxylic acid groups (broad SMARTS) is 1. The molecule has 1 saturated carbocycles. The first-order chi connectivity index (χ1) is 12.9. The zero-order valence-corrected chi connectivity index (χ0v) is 15.7. The van der Waals surface area contributed by atoms with E-state index in [2.05, 4.69) is 10.3 Å². The molecule has 2 N–H and O–H groups in total.